The minimum atomic E-state index is -0.967. The molecule has 4 nitrogen and oxygen atoms in total. The van der Waals surface area contributed by atoms with Gasteiger partial charge in [-0.1, -0.05) is 44.2 Å². The normalized spacial score (nSPS) is 20.0. The third kappa shape index (κ3) is 4.19. The van der Waals surface area contributed by atoms with Crippen LogP contribution in [0.3, 0.4) is 0 Å². The number of ether oxygens (including phenoxy) is 1. The Kier molecular flexibility index (Phi) is 4.91. The van der Waals surface area contributed by atoms with Gasteiger partial charge in [0, 0.05) is 5.92 Å². The molecule has 1 aliphatic rings. The van der Waals surface area contributed by atoms with Gasteiger partial charge < -0.3 is 9.84 Å². The molecule has 1 fully saturated rings. The molecule has 0 spiro atoms. The molecular weight excluding hydrogens is 266 g/mol. The van der Waals surface area contributed by atoms with Crippen molar-refractivity contribution in [3.63, 3.8) is 0 Å². The van der Waals surface area contributed by atoms with Gasteiger partial charge >= 0.3 is 0 Å². The van der Waals surface area contributed by atoms with E-state index < -0.39 is 5.60 Å². The molecule has 1 aliphatic carbocycles. The number of hydrogen-bond acceptors (Lipinski definition) is 3. The smallest absolute Gasteiger partial charge is 0.118 e. The van der Waals surface area contributed by atoms with E-state index in [9.17, 15) is 10.3 Å². The lowest BCUT2D eigenvalue weighted by molar-refractivity contribution is -1.07. The number of hydroxylamine groups is 3. The van der Waals surface area contributed by atoms with Crippen LogP contribution in [0.1, 0.15) is 43.6 Å². The Morgan fingerprint density at radius 2 is 1.76 bits per heavy atom. The molecule has 1 N–H and O–H groups in total. The van der Waals surface area contributed by atoms with Crippen LogP contribution in [0, 0.1) is 0 Å². The molecule has 0 unspecified atom stereocenters. The largest absolute Gasteiger partial charge is 0.849 e. The fraction of sp³-hybridized carbons (Fsp3) is 0.647. The standard InChI is InChI=1S/C17H27NO3/c1-18(2,20)13-16(17(19)11-5-4-6-12-17)14-7-9-15(21-3)10-8-14/h7-10,16,20H,4-6,11-13H2,1-3H3/t16-/m1/s1. The molecule has 1 atom stereocenters. The molecule has 21 heavy (non-hydrogen) atoms. The number of rotatable bonds is 5. The summed E-state index contributed by atoms with van der Waals surface area (Å²) in [7, 11) is 5.09. The first-order valence-corrected chi connectivity index (χ1v) is 7.74. The molecule has 0 amide bonds. The van der Waals surface area contributed by atoms with Crippen molar-refractivity contribution in [1.29, 1.82) is 0 Å². The van der Waals surface area contributed by atoms with Crippen LogP contribution in [0.4, 0.5) is 0 Å². The van der Waals surface area contributed by atoms with Crippen LogP contribution < -0.4 is 9.84 Å². The van der Waals surface area contributed by atoms with Crippen molar-refractivity contribution in [2.45, 2.75) is 43.6 Å². The van der Waals surface area contributed by atoms with Crippen molar-refractivity contribution in [1.82, 2.24) is 0 Å². The van der Waals surface area contributed by atoms with E-state index in [2.05, 4.69) is 0 Å². The SMILES string of the molecule is COc1ccc([C@@H](C[N+](C)(C)O)C2([O-])CCCCC2)cc1. The highest BCUT2D eigenvalue weighted by Crippen LogP contribution is 2.39. The van der Waals surface area contributed by atoms with Crippen LogP contribution in [0.2, 0.25) is 0 Å². The molecule has 4 heteroatoms. The average molecular weight is 293 g/mol. The zero-order chi connectivity index (χ0) is 15.5. The minimum absolute atomic E-state index is 0.177. The van der Waals surface area contributed by atoms with Crippen LogP contribution in [0.25, 0.3) is 0 Å². The Hall–Kier alpha value is -1.10. The van der Waals surface area contributed by atoms with Crippen molar-refractivity contribution in [3.8, 4) is 5.75 Å². The van der Waals surface area contributed by atoms with Crippen molar-refractivity contribution in [2.75, 3.05) is 27.7 Å². The predicted molar refractivity (Wildman–Crippen MR) is 80.3 cm³/mol. The molecule has 0 saturated heterocycles. The van der Waals surface area contributed by atoms with Gasteiger partial charge in [-0.05, 0) is 17.7 Å². The second-order valence-corrected chi connectivity index (χ2v) is 6.75. The molecule has 0 aliphatic heterocycles. The summed E-state index contributed by atoms with van der Waals surface area (Å²) in [6.07, 6.45) is 4.54. The molecule has 0 radical (unpaired) electrons. The molecule has 0 heterocycles. The number of quaternary nitrogens is 1. The van der Waals surface area contributed by atoms with Crippen LogP contribution in [0.5, 0.6) is 5.75 Å². The minimum Gasteiger partial charge on any atom is -0.849 e. The first-order chi connectivity index (χ1) is 9.84. The Bertz CT molecular complexity index is 444. The summed E-state index contributed by atoms with van der Waals surface area (Å²) >= 11 is 0. The predicted octanol–water partition coefficient (Wildman–Crippen LogP) is 2.31. The summed E-state index contributed by atoms with van der Waals surface area (Å²) in [6, 6.07) is 7.72. The van der Waals surface area contributed by atoms with Gasteiger partial charge in [0.15, 0.2) is 0 Å². The summed E-state index contributed by atoms with van der Waals surface area (Å²) in [6.45, 7) is 0.440. The third-order valence-corrected chi connectivity index (χ3v) is 4.48. The average Bonchev–Trinajstić information content (AvgIpc) is 2.45. The number of likely N-dealkylation sites (N-methyl/N-ethyl adjacent to an activating group) is 1. The lowest BCUT2D eigenvalue weighted by Gasteiger charge is -2.51. The molecule has 1 aromatic rings. The zero-order valence-electron chi connectivity index (χ0n) is 13.3. The maximum atomic E-state index is 13.3. The summed E-state index contributed by atoms with van der Waals surface area (Å²) in [5.74, 6) is 0.613. The van der Waals surface area contributed by atoms with E-state index >= 15 is 0 Å². The van der Waals surface area contributed by atoms with E-state index in [-0.39, 0.29) is 10.6 Å². The van der Waals surface area contributed by atoms with Crippen molar-refractivity contribution >= 4 is 0 Å². The van der Waals surface area contributed by atoms with E-state index in [0.29, 0.717) is 19.4 Å². The van der Waals surface area contributed by atoms with Crippen LogP contribution in [-0.4, -0.2) is 43.2 Å². The van der Waals surface area contributed by atoms with E-state index in [1.54, 1.807) is 21.2 Å². The lowest BCUT2D eigenvalue weighted by Crippen LogP contribution is -2.55. The van der Waals surface area contributed by atoms with Crippen LogP contribution in [0.15, 0.2) is 24.3 Å². The summed E-state index contributed by atoms with van der Waals surface area (Å²) in [5.41, 5.74) is 0.0402. The van der Waals surface area contributed by atoms with Crippen molar-refractivity contribution in [3.05, 3.63) is 29.8 Å². The van der Waals surface area contributed by atoms with Crippen LogP contribution >= 0.6 is 0 Å². The van der Waals surface area contributed by atoms with Gasteiger partial charge in [-0.2, -0.15) is 4.65 Å². The fourth-order valence-electron chi connectivity index (χ4n) is 3.36. The summed E-state index contributed by atoms with van der Waals surface area (Å²) in [5, 5.41) is 23.5. The highest BCUT2D eigenvalue weighted by molar-refractivity contribution is 5.31. The maximum absolute atomic E-state index is 13.3. The monoisotopic (exact) mass is 293 g/mol. The number of methoxy groups -OCH3 is 1. The molecule has 1 saturated carbocycles. The first kappa shape index (κ1) is 16.3. The maximum Gasteiger partial charge on any atom is 0.118 e. The Morgan fingerprint density at radius 3 is 2.24 bits per heavy atom. The van der Waals surface area contributed by atoms with Gasteiger partial charge in [0.05, 0.1) is 21.2 Å². The van der Waals surface area contributed by atoms with E-state index in [0.717, 1.165) is 30.6 Å². The Balaban J connectivity index is 2.30. The highest BCUT2D eigenvalue weighted by atomic mass is 16.5. The summed E-state index contributed by atoms with van der Waals surface area (Å²) in [4.78, 5) is 0. The molecule has 0 bridgehead atoms. The molecule has 118 valence electrons. The van der Waals surface area contributed by atoms with Crippen molar-refractivity contribution in [2.24, 2.45) is 0 Å². The number of hydrogen-bond donors (Lipinski definition) is 1. The fourth-order valence-corrected chi connectivity index (χ4v) is 3.36. The van der Waals surface area contributed by atoms with E-state index in [1.165, 1.54) is 0 Å². The molecule has 1 aromatic carbocycles. The Labute approximate surface area is 127 Å². The second-order valence-electron chi connectivity index (χ2n) is 6.75. The van der Waals surface area contributed by atoms with Crippen molar-refractivity contribution < 1.29 is 19.7 Å². The first-order valence-electron chi connectivity index (χ1n) is 7.74. The number of benzene rings is 1. The van der Waals surface area contributed by atoms with Crippen LogP contribution in [-0.2, 0) is 0 Å². The van der Waals surface area contributed by atoms with Gasteiger partial charge in [-0.15, -0.1) is 5.60 Å². The Morgan fingerprint density at radius 1 is 1.19 bits per heavy atom. The third-order valence-electron chi connectivity index (χ3n) is 4.48. The van der Waals surface area contributed by atoms with Gasteiger partial charge in [0.2, 0.25) is 0 Å². The van der Waals surface area contributed by atoms with E-state index in [4.69, 9.17) is 4.74 Å². The molecular formula is C17H27NO3. The zero-order valence-corrected chi connectivity index (χ0v) is 13.3. The van der Waals surface area contributed by atoms with E-state index in [1.807, 2.05) is 24.3 Å². The second kappa shape index (κ2) is 6.34. The van der Waals surface area contributed by atoms with Gasteiger partial charge in [-0.25, -0.2) is 5.21 Å². The van der Waals surface area contributed by atoms with Gasteiger partial charge in [0.25, 0.3) is 0 Å². The lowest BCUT2D eigenvalue weighted by atomic mass is 9.72. The summed E-state index contributed by atoms with van der Waals surface area (Å²) < 4.78 is 5.01. The van der Waals surface area contributed by atoms with Gasteiger partial charge in [0.1, 0.15) is 12.3 Å². The van der Waals surface area contributed by atoms with Gasteiger partial charge in [-0.3, -0.25) is 0 Å². The topological polar surface area (TPSA) is 52.5 Å². The number of nitrogens with zero attached hydrogens (tertiary/aromatic N) is 1. The molecule has 0 aromatic heterocycles. The quantitative estimate of drug-likeness (QED) is 0.669. The molecule has 2 rings (SSSR count). The highest BCUT2D eigenvalue weighted by Gasteiger charge is 2.35.